The van der Waals surface area contributed by atoms with Crippen LogP contribution in [-0.2, 0) is 6.42 Å². The van der Waals surface area contributed by atoms with Crippen LogP contribution in [0.5, 0.6) is 5.75 Å². The first kappa shape index (κ1) is 13.9. The number of carbonyl (C=O) groups is 1. The quantitative estimate of drug-likeness (QED) is 0.602. The highest BCUT2D eigenvalue weighted by Gasteiger charge is 2.13. The fourth-order valence-corrected chi connectivity index (χ4v) is 2.10. The van der Waals surface area contributed by atoms with Gasteiger partial charge >= 0.3 is 5.97 Å². The maximum atomic E-state index is 12.0. The topological polar surface area (TPSA) is 26.3 Å². The fourth-order valence-electron chi connectivity index (χ4n) is 1.61. The van der Waals surface area contributed by atoms with Gasteiger partial charge in [0.05, 0.1) is 10.6 Å². The second kappa shape index (κ2) is 6.09. The highest BCUT2D eigenvalue weighted by molar-refractivity contribution is 6.36. The molecular weight excluding hydrogens is 283 g/mol. The van der Waals surface area contributed by atoms with Crippen molar-refractivity contribution < 1.29 is 9.53 Å². The molecule has 0 bridgehead atoms. The molecule has 98 valence electrons. The van der Waals surface area contributed by atoms with Crippen LogP contribution in [0.1, 0.15) is 22.8 Å². The summed E-state index contributed by atoms with van der Waals surface area (Å²) >= 11 is 11.7. The predicted molar refractivity (Wildman–Crippen MR) is 77.2 cm³/mol. The van der Waals surface area contributed by atoms with Crippen LogP contribution in [0.4, 0.5) is 0 Å². The van der Waals surface area contributed by atoms with E-state index in [1.165, 1.54) is 11.6 Å². The van der Waals surface area contributed by atoms with E-state index in [1.54, 1.807) is 24.3 Å². The van der Waals surface area contributed by atoms with E-state index in [4.69, 9.17) is 27.9 Å². The van der Waals surface area contributed by atoms with Crippen LogP contribution in [0.3, 0.4) is 0 Å². The average molecular weight is 295 g/mol. The molecule has 2 aromatic rings. The van der Waals surface area contributed by atoms with E-state index in [-0.39, 0.29) is 5.02 Å². The van der Waals surface area contributed by atoms with Gasteiger partial charge in [-0.3, -0.25) is 0 Å². The second-order valence-corrected chi connectivity index (χ2v) is 4.85. The summed E-state index contributed by atoms with van der Waals surface area (Å²) in [7, 11) is 0. The predicted octanol–water partition coefficient (Wildman–Crippen LogP) is 4.78. The molecule has 2 rings (SSSR count). The molecule has 2 aromatic carbocycles. The Morgan fingerprint density at radius 3 is 2.37 bits per heavy atom. The van der Waals surface area contributed by atoms with E-state index in [1.807, 2.05) is 12.1 Å². The van der Waals surface area contributed by atoms with Crippen molar-refractivity contribution in [3.63, 3.8) is 0 Å². The number of rotatable bonds is 3. The number of carbonyl (C=O) groups excluding carboxylic acids is 1. The average Bonchev–Trinajstić information content (AvgIpc) is 2.39. The van der Waals surface area contributed by atoms with E-state index in [2.05, 4.69) is 6.92 Å². The molecule has 4 heteroatoms. The summed E-state index contributed by atoms with van der Waals surface area (Å²) in [6.07, 6.45) is 0.942. The Kier molecular flexibility index (Phi) is 4.46. The molecule has 0 N–H and O–H groups in total. The van der Waals surface area contributed by atoms with Crippen LogP contribution in [0.2, 0.25) is 10.0 Å². The molecular formula is C15H12Cl2O2. The Hall–Kier alpha value is -1.51. The van der Waals surface area contributed by atoms with Crippen molar-refractivity contribution in [2.45, 2.75) is 13.3 Å². The van der Waals surface area contributed by atoms with Gasteiger partial charge in [-0.2, -0.15) is 0 Å². The van der Waals surface area contributed by atoms with Crippen molar-refractivity contribution in [1.82, 2.24) is 0 Å². The summed E-state index contributed by atoms with van der Waals surface area (Å²) in [5.74, 6) is -0.000804. The number of aryl methyl sites for hydroxylation is 1. The minimum Gasteiger partial charge on any atom is -0.423 e. The van der Waals surface area contributed by atoms with Crippen LogP contribution in [-0.4, -0.2) is 5.97 Å². The first-order chi connectivity index (χ1) is 9.10. The van der Waals surface area contributed by atoms with Crippen LogP contribution < -0.4 is 4.74 Å². The standard InChI is InChI=1S/C15H12Cl2O2/c1-2-10-3-6-12(7-4-10)19-15(18)13-8-5-11(16)9-14(13)17/h3-9H,2H2,1H3. The molecule has 0 fully saturated rings. The van der Waals surface area contributed by atoms with Gasteiger partial charge in [-0.25, -0.2) is 4.79 Å². The number of hydrogen-bond donors (Lipinski definition) is 0. The van der Waals surface area contributed by atoms with Crippen molar-refractivity contribution >= 4 is 29.2 Å². The van der Waals surface area contributed by atoms with Crippen molar-refractivity contribution in [2.24, 2.45) is 0 Å². The molecule has 0 aromatic heterocycles. The molecule has 0 spiro atoms. The third-order valence-corrected chi connectivity index (χ3v) is 3.24. The zero-order valence-electron chi connectivity index (χ0n) is 10.3. The Labute approximate surface area is 121 Å². The van der Waals surface area contributed by atoms with E-state index >= 15 is 0 Å². The summed E-state index contributed by atoms with van der Waals surface area (Å²) in [4.78, 5) is 12.0. The maximum absolute atomic E-state index is 12.0. The minimum absolute atomic E-state index is 0.280. The largest absolute Gasteiger partial charge is 0.423 e. The summed E-state index contributed by atoms with van der Waals surface area (Å²) in [5, 5.41) is 0.761. The molecule has 0 aliphatic heterocycles. The third-order valence-electron chi connectivity index (χ3n) is 2.69. The van der Waals surface area contributed by atoms with Crippen LogP contribution in [0, 0.1) is 0 Å². The van der Waals surface area contributed by atoms with Gasteiger partial charge in [-0.05, 0) is 42.3 Å². The lowest BCUT2D eigenvalue weighted by Gasteiger charge is -2.06. The normalized spacial score (nSPS) is 10.3. The number of ether oxygens (including phenoxy) is 1. The lowest BCUT2D eigenvalue weighted by atomic mass is 10.2. The first-order valence-corrected chi connectivity index (χ1v) is 6.62. The number of halogens is 2. The molecule has 0 heterocycles. The Morgan fingerprint density at radius 2 is 1.79 bits per heavy atom. The van der Waals surface area contributed by atoms with E-state index in [0.29, 0.717) is 16.3 Å². The molecule has 2 nitrogen and oxygen atoms in total. The van der Waals surface area contributed by atoms with Gasteiger partial charge < -0.3 is 4.74 Å². The number of esters is 1. The minimum atomic E-state index is -0.495. The molecule has 0 atom stereocenters. The van der Waals surface area contributed by atoms with Crippen molar-refractivity contribution in [2.75, 3.05) is 0 Å². The van der Waals surface area contributed by atoms with Gasteiger partial charge in [0.2, 0.25) is 0 Å². The molecule has 0 saturated carbocycles. The lowest BCUT2D eigenvalue weighted by Crippen LogP contribution is -2.09. The SMILES string of the molecule is CCc1ccc(OC(=O)c2ccc(Cl)cc2Cl)cc1. The van der Waals surface area contributed by atoms with Crippen molar-refractivity contribution in [3.05, 3.63) is 63.6 Å². The van der Waals surface area contributed by atoms with Crippen LogP contribution in [0.15, 0.2) is 42.5 Å². The lowest BCUT2D eigenvalue weighted by molar-refractivity contribution is 0.0735. The zero-order chi connectivity index (χ0) is 13.8. The third kappa shape index (κ3) is 3.49. The highest BCUT2D eigenvalue weighted by Crippen LogP contribution is 2.23. The van der Waals surface area contributed by atoms with E-state index in [0.717, 1.165) is 6.42 Å². The molecule has 19 heavy (non-hydrogen) atoms. The highest BCUT2D eigenvalue weighted by atomic mass is 35.5. The number of hydrogen-bond acceptors (Lipinski definition) is 2. The molecule has 0 amide bonds. The Bertz CT molecular complexity index is 592. The van der Waals surface area contributed by atoms with Crippen LogP contribution >= 0.6 is 23.2 Å². The smallest absolute Gasteiger partial charge is 0.345 e. The maximum Gasteiger partial charge on any atom is 0.345 e. The van der Waals surface area contributed by atoms with Gasteiger partial charge in [0.15, 0.2) is 0 Å². The van der Waals surface area contributed by atoms with E-state index < -0.39 is 5.97 Å². The van der Waals surface area contributed by atoms with Gasteiger partial charge in [-0.1, -0.05) is 42.3 Å². The zero-order valence-corrected chi connectivity index (χ0v) is 11.8. The summed E-state index contributed by atoms with van der Waals surface area (Å²) in [6.45, 7) is 2.06. The molecule has 0 aliphatic rings. The molecule has 0 saturated heterocycles. The van der Waals surface area contributed by atoms with Crippen molar-refractivity contribution in [3.8, 4) is 5.75 Å². The molecule has 0 aliphatic carbocycles. The fraction of sp³-hybridized carbons (Fsp3) is 0.133. The van der Waals surface area contributed by atoms with Gasteiger partial charge in [0.25, 0.3) is 0 Å². The number of benzene rings is 2. The Balaban J connectivity index is 2.15. The first-order valence-electron chi connectivity index (χ1n) is 5.86. The monoisotopic (exact) mass is 294 g/mol. The second-order valence-electron chi connectivity index (χ2n) is 4.01. The van der Waals surface area contributed by atoms with Gasteiger partial charge in [0, 0.05) is 5.02 Å². The molecule has 0 radical (unpaired) electrons. The summed E-state index contributed by atoms with van der Waals surface area (Å²) in [5.41, 5.74) is 1.48. The van der Waals surface area contributed by atoms with Gasteiger partial charge in [-0.15, -0.1) is 0 Å². The summed E-state index contributed by atoms with van der Waals surface area (Å²) < 4.78 is 5.25. The van der Waals surface area contributed by atoms with Crippen LogP contribution in [0.25, 0.3) is 0 Å². The van der Waals surface area contributed by atoms with E-state index in [9.17, 15) is 4.79 Å². The Morgan fingerprint density at radius 1 is 1.11 bits per heavy atom. The van der Waals surface area contributed by atoms with Gasteiger partial charge in [0.1, 0.15) is 5.75 Å². The summed E-state index contributed by atoms with van der Waals surface area (Å²) in [6, 6.07) is 12.0. The molecule has 0 unspecified atom stereocenters. The van der Waals surface area contributed by atoms with Crippen molar-refractivity contribution in [1.29, 1.82) is 0 Å².